The Bertz CT molecular complexity index is 807. The number of ether oxygens (including phenoxy) is 2. The average molecular weight is 435 g/mol. The SMILES string of the molecule is CCC1=NC2(CC(C3CCOC(C)(C)C3)Oc3ccc(Br)cc32)C(=O)N1C. The van der Waals surface area contributed by atoms with Crippen molar-refractivity contribution in [3.8, 4) is 5.75 Å². The predicted molar refractivity (Wildman–Crippen MR) is 108 cm³/mol. The lowest BCUT2D eigenvalue weighted by atomic mass is 9.75. The van der Waals surface area contributed by atoms with Gasteiger partial charge in [-0.15, -0.1) is 0 Å². The van der Waals surface area contributed by atoms with Gasteiger partial charge in [0.05, 0.1) is 5.60 Å². The molecule has 0 N–H and O–H groups in total. The van der Waals surface area contributed by atoms with Crippen molar-refractivity contribution in [2.24, 2.45) is 10.9 Å². The number of nitrogens with zero attached hydrogens (tertiary/aromatic N) is 2. The van der Waals surface area contributed by atoms with E-state index in [0.717, 1.165) is 47.5 Å². The molecule has 3 aliphatic heterocycles. The second-order valence-electron chi connectivity index (χ2n) is 8.47. The number of halogens is 1. The largest absolute Gasteiger partial charge is 0.490 e. The summed E-state index contributed by atoms with van der Waals surface area (Å²) in [4.78, 5) is 20.1. The Hall–Kier alpha value is -1.40. The molecule has 1 spiro atoms. The Balaban J connectivity index is 1.78. The Labute approximate surface area is 169 Å². The molecule has 5 nitrogen and oxygen atoms in total. The number of fused-ring (bicyclic) bond motifs is 2. The minimum Gasteiger partial charge on any atom is -0.490 e. The smallest absolute Gasteiger partial charge is 0.260 e. The molecular weight excluding hydrogens is 408 g/mol. The van der Waals surface area contributed by atoms with Crippen molar-refractivity contribution in [3.63, 3.8) is 0 Å². The van der Waals surface area contributed by atoms with Crippen LogP contribution in [0.25, 0.3) is 0 Å². The van der Waals surface area contributed by atoms with Gasteiger partial charge in [0.15, 0.2) is 5.54 Å². The number of carbonyl (C=O) groups excluding carboxylic acids is 1. The van der Waals surface area contributed by atoms with Crippen LogP contribution in [0.4, 0.5) is 0 Å². The molecule has 0 aliphatic carbocycles. The minimum absolute atomic E-state index is 0.0424. The molecule has 1 saturated heterocycles. The van der Waals surface area contributed by atoms with E-state index in [-0.39, 0.29) is 17.6 Å². The molecule has 0 radical (unpaired) electrons. The molecular formula is C21H27BrN2O3. The fourth-order valence-corrected chi connectivity index (χ4v) is 5.12. The third-order valence-corrected chi connectivity index (χ3v) is 6.60. The van der Waals surface area contributed by atoms with E-state index in [1.807, 2.05) is 32.2 Å². The second kappa shape index (κ2) is 6.59. The fraction of sp³-hybridized carbons (Fsp3) is 0.619. The van der Waals surface area contributed by atoms with Gasteiger partial charge in [-0.2, -0.15) is 0 Å². The molecule has 1 aromatic carbocycles. The van der Waals surface area contributed by atoms with Gasteiger partial charge < -0.3 is 14.4 Å². The van der Waals surface area contributed by atoms with Crippen molar-refractivity contribution in [2.75, 3.05) is 13.7 Å². The van der Waals surface area contributed by atoms with Gasteiger partial charge in [0, 0.05) is 42.5 Å². The van der Waals surface area contributed by atoms with Crippen LogP contribution >= 0.6 is 15.9 Å². The number of hydrogen-bond donors (Lipinski definition) is 0. The zero-order valence-electron chi connectivity index (χ0n) is 16.4. The first-order chi connectivity index (χ1) is 12.8. The number of rotatable bonds is 2. The maximum absolute atomic E-state index is 13.4. The van der Waals surface area contributed by atoms with Crippen LogP contribution in [0.3, 0.4) is 0 Å². The third-order valence-electron chi connectivity index (χ3n) is 6.10. The lowest BCUT2D eigenvalue weighted by molar-refractivity contribution is -0.134. The van der Waals surface area contributed by atoms with E-state index in [4.69, 9.17) is 14.5 Å². The van der Waals surface area contributed by atoms with Crippen LogP contribution in [0.15, 0.2) is 27.7 Å². The second-order valence-corrected chi connectivity index (χ2v) is 9.38. The van der Waals surface area contributed by atoms with Crippen LogP contribution in [0.2, 0.25) is 0 Å². The molecule has 6 heteroatoms. The molecule has 1 amide bonds. The van der Waals surface area contributed by atoms with Gasteiger partial charge in [-0.3, -0.25) is 9.79 Å². The molecule has 3 unspecified atom stereocenters. The first-order valence-corrected chi connectivity index (χ1v) is 10.5. The number of amidine groups is 1. The summed E-state index contributed by atoms with van der Waals surface area (Å²) in [5.41, 5.74) is -0.155. The first-order valence-electron chi connectivity index (χ1n) is 9.73. The number of amides is 1. The summed E-state index contributed by atoms with van der Waals surface area (Å²) in [6, 6.07) is 5.92. The van der Waals surface area contributed by atoms with Crippen LogP contribution < -0.4 is 4.74 Å². The highest BCUT2D eigenvalue weighted by Crippen LogP contribution is 2.49. The number of likely N-dealkylation sites (N-methyl/N-ethyl adjacent to an activating group) is 1. The Morgan fingerprint density at radius 3 is 2.78 bits per heavy atom. The monoisotopic (exact) mass is 434 g/mol. The zero-order valence-corrected chi connectivity index (χ0v) is 18.0. The minimum atomic E-state index is -0.870. The predicted octanol–water partition coefficient (Wildman–Crippen LogP) is 4.28. The zero-order chi connectivity index (χ0) is 19.4. The Morgan fingerprint density at radius 1 is 1.33 bits per heavy atom. The van der Waals surface area contributed by atoms with Crippen LogP contribution in [0, 0.1) is 5.92 Å². The molecule has 146 valence electrons. The molecule has 3 heterocycles. The van der Waals surface area contributed by atoms with E-state index in [0.29, 0.717) is 12.3 Å². The summed E-state index contributed by atoms with van der Waals surface area (Å²) in [7, 11) is 1.83. The average Bonchev–Trinajstić information content (AvgIpc) is 2.86. The van der Waals surface area contributed by atoms with Gasteiger partial charge in [-0.25, -0.2) is 0 Å². The normalized spacial score (nSPS) is 32.3. The van der Waals surface area contributed by atoms with Crippen molar-refractivity contribution < 1.29 is 14.3 Å². The van der Waals surface area contributed by atoms with Crippen LogP contribution in [0.5, 0.6) is 5.75 Å². The van der Waals surface area contributed by atoms with E-state index in [1.54, 1.807) is 4.90 Å². The van der Waals surface area contributed by atoms with Crippen molar-refractivity contribution in [3.05, 3.63) is 28.2 Å². The highest BCUT2D eigenvalue weighted by molar-refractivity contribution is 9.10. The van der Waals surface area contributed by atoms with Gasteiger partial charge in [-0.1, -0.05) is 22.9 Å². The summed E-state index contributed by atoms with van der Waals surface area (Å²) in [5, 5.41) is 0. The van der Waals surface area contributed by atoms with E-state index in [9.17, 15) is 4.79 Å². The van der Waals surface area contributed by atoms with Gasteiger partial charge in [0.25, 0.3) is 5.91 Å². The van der Waals surface area contributed by atoms with Gasteiger partial charge in [-0.05, 0) is 44.9 Å². The number of aliphatic imine (C=N–C) groups is 1. The number of hydrogen-bond acceptors (Lipinski definition) is 4. The summed E-state index contributed by atoms with van der Waals surface area (Å²) in [6.45, 7) is 7.03. The van der Waals surface area contributed by atoms with Crippen molar-refractivity contribution >= 4 is 27.7 Å². The Morgan fingerprint density at radius 2 is 2.11 bits per heavy atom. The van der Waals surface area contributed by atoms with E-state index in [2.05, 4.69) is 29.8 Å². The molecule has 3 atom stereocenters. The molecule has 1 fully saturated rings. The number of carbonyl (C=O) groups is 1. The van der Waals surface area contributed by atoms with Crippen LogP contribution in [-0.4, -0.2) is 42.0 Å². The molecule has 27 heavy (non-hydrogen) atoms. The summed E-state index contributed by atoms with van der Waals surface area (Å²) >= 11 is 3.55. The number of benzene rings is 1. The lowest BCUT2D eigenvalue weighted by Crippen LogP contribution is -2.49. The molecule has 4 rings (SSSR count). The Kier molecular flexibility index (Phi) is 4.62. The quantitative estimate of drug-likeness (QED) is 0.697. The molecule has 3 aliphatic rings. The van der Waals surface area contributed by atoms with E-state index < -0.39 is 5.54 Å². The fourth-order valence-electron chi connectivity index (χ4n) is 4.76. The molecule has 1 aromatic rings. The van der Waals surface area contributed by atoms with Crippen LogP contribution in [0.1, 0.15) is 52.0 Å². The highest BCUT2D eigenvalue weighted by atomic mass is 79.9. The van der Waals surface area contributed by atoms with Crippen molar-refractivity contribution in [1.29, 1.82) is 0 Å². The maximum atomic E-state index is 13.4. The lowest BCUT2D eigenvalue weighted by Gasteiger charge is -2.44. The summed E-state index contributed by atoms with van der Waals surface area (Å²) in [5.74, 6) is 2.03. The first kappa shape index (κ1) is 18.9. The topological polar surface area (TPSA) is 51.1 Å². The van der Waals surface area contributed by atoms with Crippen molar-refractivity contribution in [1.82, 2.24) is 4.90 Å². The van der Waals surface area contributed by atoms with Gasteiger partial charge >= 0.3 is 0 Å². The van der Waals surface area contributed by atoms with Gasteiger partial charge in [0.1, 0.15) is 17.7 Å². The van der Waals surface area contributed by atoms with Crippen LogP contribution in [-0.2, 0) is 15.1 Å². The molecule has 0 saturated carbocycles. The van der Waals surface area contributed by atoms with Crippen molar-refractivity contribution in [2.45, 2.75) is 63.7 Å². The molecule has 0 bridgehead atoms. The highest BCUT2D eigenvalue weighted by Gasteiger charge is 2.55. The summed E-state index contributed by atoms with van der Waals surface area (Å²) in [6.07, 6.45) is 3.16. The van der Waals surface area contributed by atoms with E-state index in [1.165, 1.54) is 0 Å². The summed E-state index contributed by atoms with van der Waals surface area (Å²) < 4.78 is 13.3. The molecule has 0 aromatic heterocycles. The van der Waals surface area contributed by atoms with E-state index >= 15 is 0 Å². The maximum Gasteiger partial charge on any atom is 0.260 e. The third kappa shape index (κ3) is 3.11. The van der Waals surface area contributed by atoms with Gasteiger partial charge in [0.2, 0.25) is 0 Å². The standard InChI is InChI=1S/C21H27BrN2O3/c1-5-18-23-21(19(25)24(18)4)12-17(13-8-9-26-20(2,3)11-13)27-16-7-6-14(22)10-15(16)21/h6-7,10,13,17H,5,8-9,11-12H2,1-4H3.